The Hall–Kier alpha value is -1.10. The molecule has 0 bridgehead atoms. The number of carbonyl (C=O) groups excluding carboxylic acids is 2. The Balaban J connectivity index is 2.34. The molecule has 0 saturated carbocycles. The van der Waals surface area contributed by atoms with Gasteiger partial charge in [-0.2, -0.15) is 0 Å². The quantitative estimate of drug-likeness (QED) is 0.791. The van der Waals surface area contributed by atoms with Gasteiger partial charge in [0.15, 0.2) is 0 Å². The number of carbonyl (C=O) groups is 2. The van der Waals surface area contributed by atoms with Gasteiger partial charge < -0.3 is 10.6 Å². The van der Waals surface area contributed by atoms with Gasteiger partial charge in [-0.15, -0.1) is 0 Å². The second-order valence-electron chi connectivity index (χ2n) is 6.35. The summed E-state index contributed by atoms with van der Waals surface area (Å²) < 4.78 is 0. The monoisotopic (exact) mass is 269 g/mol. The molecule has 1 saturated heterocycles. The summed E-state index contributed by atoms with van der Waals surface area (Å²) in [7, 11) is 0. The number of likely N-dealkylation sites (tertiary alicyclic amines) is 1. The van der Waals surface area contributed by atoms with Gasteiger partial charge >= 0.3 is 0 Å². The molecule has 1 rings (SSSR count). The fraction of sp³-hybridized carbons (Fsp3) is 0.857. The Morgan fingerprint density at radius 3 is 2.58 bits per heavy atom. The van der Waals surface area contributed by atoms with Crippen LogP contribution in [0.4, 0.5) is 0 Å². The molecule has 110 valence electrons. The summed E-state index contributed by atoms with van der Waals surface area (Å²) in [5.41, 5.74) is -0.335. The third-order valence-corrected chi connectivity index (χ3v) is 3.32. The van der Waals surface area contributed by atoms with Gasteiger partial charge in [0.05, 0.1) is 0 Å². The van der Waals surface area contributed by atoms with E-state index in [1.165, 1.54) is 6.92 Å². The molecule has 1 unspecified atom stereocenters. The number of hydrogen-bond donors (Lipinski definition) is 2. The molecule has 0 spiro atoms. The van der Waals surface area contributed by atoms with Gasteiger partial charge in [0.1, 0.15) is 0 Å². The lowest BCUT2D eigenvalue weighted by Crippen LogP contribution is -2.51. The maximum absolute atomic E-state index is 12.0. The molecule has 0 aromatic rings. The zero-order chi connectivity index (χ0) is 14.5. The van der Waals surface area contributed by atoms with Crippen LogP contribution in [0.15, 0.2) is 0 Å². The van der Waals surface area contributed by atoms with Crippen molar-refractivity contribution in [2.75, 3.05) is 26.2 Å². The number of nitrogens with one attached hydrogen (secondary N) is 2. The average Bonchev–Trinajstić information content (AvgIpc) is 2.27. The van der Waals surface area contributed by atoms with Crippen LogP contribution in [-0.4, -0.2) is 48.9 Å². The van der Waals surface area contributed by atoms with Crippen LogP contribution in [0.3, 0.4) is 0 Å². The number of hydrogen-bond acceptors (Lipinski definition) is 3. The lowest BCUT2D eigenvalue weighted by Gasteiger charge is -2.34. The van der Waals surface area contributed by atoms with Crippen LogP contribution in [0.2, 0.25) is 0 Å². The molecule has 1 atom stereocenters. The Labute approximate surface area is 116 Å². The molecule has 5 heteroatoms. The standard InChI is InChI=1S/C14H27N3O2/c1-11(18)15-7-9-17-8-5-6-12(10-17)16-13(19)14(2,3)4/h12H,5-10H2,1-4H3,(H,15,18)(H,16,19). The summed E-state index contributed by atoms with van der Waals surface area (Å²) >= 11 is 0. The van der Waals surface area contributed by atoms with E-state index >= 15 is 0 Å². The van der Waals surface area contributed by atoms with E-state index in [2.05, 4.69) is 15.5 Å². The minimum absolute atomic E-state index is 0.00888. The van der Waals surface area contributed by atoms with Gasteiger partial charge in [-0.1, -0.05) is 20.8 Å². The molecule has 1 fully saturated rings. The highest BCUT2D eigenvalue weighted by atomic mass is 16.2. The maximum Gasteiger partial charge on any atom is 0.225 e. The molecule has 2 amide bonds. The van der Waals surface area contributed by atoms with Crippen molar-refractivity contribution in [1.29, 1.82) is 0 Å². The van der Waals surface area contributed by atoms with Crippen LogP contribution in [0.5, 0.6) is 0 Å². The second-order valence-corrected chi connectivity index (χ2v) is 6.35. The first-order chi connectivity index (χ1) is 8.79. The van der Waals surface area contributed by atoms with Crippen molar-refractivity contribution in [2.24, 2.45) is 5.41 Å². The van der Waals surface area contributed by atoms with Crippen molar-refractivity contribution in [3.05, 3.63) is 0 Å². The highest BCUT2D eigenvalue weighted by molar-refractivity contribution is 5.81. The van der Waals surface area contributed by atoms with Crippen LogP contribution in [0.1, 0.15) is 40.5 Å². The van der Waals surface area contributed by atoms with Gasteiger partial charge in [0.2, 0.25) is 11.8 Å². The minimum atomic E-state index is -0.335. The molecular weight excluding hydrogens is 242 g/mol. The Morgan fingerprint density at radius 1 is 1.32 bits per heavy atom. The van der Waals surface area contributed by atoms with E-state index in [4.69, 9.17) is 0 Å². The van der Waals surface area contributed by atoms with Crippen LogP contribution in [0.25, 0.3) is 0 Å². The SMILES string of the molecule is CC(=O)NCCN1CCCC(NC(=O)C(C)(C)C)C1. The van der Waals surface area contributed by atoms with Crippen LogP contribution >= 0.6 is 0 Å². The largest absolute Gasteiger partial charge is 0.355 e. The van der Waals surface area contributed by atoms with Crippen molar-refractivity contribution in [3.8, 4) is 0 Å². The molecule has 5 nitrogen and oxygen atoms in total. The topological polar surface area (TPSA) is 61.4 Å². The molecule has 1 aliphatic heterocycles. The van der Waals surface area contributed by atoms with Crippen LogP contribution in [0, 0.1) is 5.41 Å². The molecule has 19 heavy (non-hydrogen) atoms. The van der Waals surface area contributed by atoms with E-state index in [9.17, 15) is 9.59 Å². The van der Waals surface area contributed by atoms with Crippen LogP contribution < -0.4 is 10.6 Å². The summed E-state index contributed by atoms with van der Waals surface area (Å²) in [6.45, 7) is 10.8. The third kappa shape index (κ3) is 6.05. The van der Waals surface area contributed by atoms with Crippen molar-refractivity contribution < 1.29 is 9.59 Å². The zero-order valence-electron chi connectivity index (χ0n) is 12.6. The van der Waals surface area contributed by atoms with Gasteiger partial charge in [-0.3, -0.25) is 14.5 Å². The molecule has 1 heterocycles. The van der Waals surface area contributed by atoms with E-state index in [0.717, 1.165) is 32.5 Å². The molecule has 0 aromatic heterocycles. The van der Waals surface area contributed by atoms with Crippen molar-refractivity contribution >= 4 is 11.8 Å². The normalized spacial score (nSPS) is 20.9. The number of amides is 2. The molecular formula is C14H27N3O2. The van der Waals surface area contributed by atoms with Gasteiger partial charge in [-0.25, -0.2) is 0 Å². The predicted molar refractivity (Wildman–Crippen MR) is 75.7 cm³/mol. The summed E-state index contributed by atoms with van der Waals surface area (Å²) in [6, 6.07) is 0.234. The highest BCUT2D eigenvalue weighted by Crippen LogP contribution is 2.15. The molecule has 0 aromatic carbocycles. The summed E-state index contributed by atoms with van der Waals surface area (Å²) in [6.07, 6.45) is 2.13. The van der Waals surface area contributed by atoms with E-state index < -0.39 is 0 Å². The Morgan fingerprint density at radius 2 is 2.00 bits per heavy atom. The minimum Gasteiger partial charge on any atom is -0.355 e. The van der Waals surface area contributed by atoms with E-state index in [0.29, 0.717) is 6.54 Å². The average molecular weight is 269 g/mol. The first-order valence-electron chi connectivity index (χ1n) is 7.07. The first kappa shape index (κ1) is 16.0. The lowest BCUT2D eigenvalue weighted by molar-refractivity contribution is -0.129. The maximum atomic E-state index is 12.0. The first-order valence-corrected chi connectivity index (χ1v) is 7.07. The number of rotatable bonds is 4. The Bertz CT molecular complexity index is 323. The molecule has 1 aliphatic rings. The fourth-order valence-corrected chi connectivity index (χ4v) is 2.17. The zero-order valence-corrected chi connectivity index (χ0v) is 12.6. The molecule has 2 N–H and O–H groups in total. The van der Waals surface area contributed by atoms with Crippen molar-refractivity contribution in [1.82, 2.24) is 15.5 Å². The van der Waals surface area contributed by atoms with Crippen molar-refractivity contribution in [2.45, 2.75) is 46.6 Å². The van der Waals surface area contributed by atoms with Gasteiger partial charge in [0, 0.05) is 38.0 Å². The summed E-state index contributed by atoms with van der Waals surface area (Å²) in [5.74, 6) is 0.121. The fourth-order valence-electron chi connectivity index (χ4n) is 2.17. The highest BCUT2D eigenvalue weighted by Gasteiger charge is 2.26. The number of piperidine rings is 1. The van der Waals surface area contributed by atoms with E-state index in [1.54, 1.807) is 0 Å². The third-order valence-electron chi connectivity index (χ3n) is 3.32. The summed E-state index contributed by atoms with van der Waals surface area (Å²) in [4.78, 5) is 25.1. The van der Waals surface area contributed by atoms with Gasteiger partial charge in [0.25, 0.3) is 0 Å². The smallest absolute Gasteiger partial charge is 0.225 e. The van der Waals surface area contributed by atoms with Gasteiger partial charge in [-0.05, 0) is 19.4 Å². The predicted octanol–water partition coefficient (Wildman–Crippen LogP) is 0.749. The summed E-state index contributed by atoms with van der Waals surface area (Å²) in [5, 5.41) is 5.92. The van der Waals surface area contributed by atoms with Crippen LogP contribution in [-0.2, 0) is 9.59 Å². The molecule has 0 aliphatic carbocycles. The lowest BCUT2D eigenvalue weighted by atomic mass is 9.94. The molecule has 0 radical (unpaired) electrons. The van der Waals surface area contributed by atoms with E-state index in [-0.39, 0.29) is 23.3 Å². The Kier molecular flexibility index (Phi) is 5.79. The van der Waals surface area contributed by atoms with E-state index in [1.807, 2.05) is 20.8 Å². The number of nitrogens with zero attached hydrogens (tertiary/aromatic N) is 1. The van der Waals surface area contributed by atoms with Crippen molar-refractivity contribution in [3.63, 3.8) is 0 Å². The second kappa shape index (κ2) is 6.89.